The normalized spacial score (nSPS) is 12.3. The molecule has 0 spiro atoms. The number of anilines is 1. The number of aromatic hydroxyl groups is 1. The summed E-state index contributed by atoms with van der Waals surface area (Å²) in [5, 5.41) is 28.2. The second-order valence-electron chi connectivity index (χ2n) is 7.65. The molecule has 180 valence electrons. The Bertz CT molecular complexity index is 1350. The Balaban J connectivity index is 1.67. The molecule has 0 amide bonds. The fourth-order valence-corrected chi connectivity index (χ4v) is 3.61. The lowest BCUT2D eigenvalue weighted by atomic mass is 9.94. The summed E-state index contributed by atoms with van der Waals surface area (Å²) in [7, 11) is 0. The summed E-state index contributed by atoms with van der Waals surface area (Å²) >= 11 is 0. The molecule has 1 heterocycles. The van der Waals surface area contributed by atoms with E-state index in [0.29, 0.717) is 28.1 Å². The Kier molecular flexibility index (Phi) is 6.32. The van der Waals surface area contributed by atoms with E-state index in [9.17, 15) is 28.2 Å². The van der Waals surface area contributed by atoms with Gasteiger partial charge in [-0.2, -0.15) is 0 Å². The Labute approximate surface area is 197 Å². The molecule has 35 heavy (non-hydrogen) atoms. The van der Waals surface area contributed by atoms with Gasteiger partial charge in [0.15, 0.2) is 6.04 Å². The van der Waals surface area contributed by atoms with Crippen LogP contribution in [0.1, 0.15) is 11.6 Å². The lowest BCUT2D eigenvalue weighted by Gasteiger charge is -2.17. The topological polar surface area (TPSA) is 123 Å². The summed E-state index contributed by atoms with van der Waals surface area (Å²) < 4.78 is 43.2. The van der Waals surface area contributed by atoms with Crippen molar-refractivity contribution < 1.29 is 32.9 Å². The van der Waals surface area contributed by atoms with Crippen molar-refractivity contribution in [2.75, 3.05) is 5.73 Å². The van der Waals surface area contributed by atoms with Crippen LogP contribution in [-0.4, -0.2) is 37.5 Å². The van der Waals surface area contributed by atoms with Crippen LogP contribution in [0, 0.1) is 0 Å². The van der Waals surface area contributed by atoms with Crippen LogP contribution in [0.5, 0.6) is 11.5 Å². The first-order valence-electron chi connectivity index (χ1n) is 10.3. The highest BCUT2D eigenvalue weighted by Crippen LogP contribution is 2.37. The number of nitrogens with two attached hydrogens (primary N) is 1. The van der Waals surface area contributed by atoms with Crippen molar-refractivity contribution in [1.82, 2.24) is 15.0 Å². The predicted octanol–water partition coefficient (Wildman–Crippen LogP) is 4.67. The number of nitrogen functional groups attached to an aromatic ring is 1. The number of ether oxygens (including phenoxy) is 1. The Hall–Kier alpha value is -4.54. The summed E-state index contributed by atoms with van der Waals surface area (Å²) in [6.45, 7) is 0. The fraction of sp³-hybridized carbons (Fsp3) is 0.125. The second-order valence-corrected chi connectivity index (χ2v) is 7.65. The van der Waals surface area contributed by atoms with E-state index in [0.717, 1.165) is 18.2 Å². The molecule has 0 aliphatic heterocycles. The minimum Gasteiger partial charge on any atom is -0.507 e. The number of carbonyl (C=O) groups is 1. The number of nitrogens with zero attached hydrogens (tertiary/aromatic N) is 3. The van der Waals surface area contributed by atoms with Gasteiger partial charge in [-0.25, -0.2) is 9.48 Å². The van der Waals surface area contributed by atoms with Gasteiger partial charge in [0.1, 0.15) is 17.2 Å². The zero-order chi connectivity index (χ0) is 25.2. The van der Waals surface area contributed by atoms with Crippen LogP contribution in [0.4, 0.5) is 18.9 Å². The van der Waals surface area contributed by atoms with Crippen molar-refractivity contribution in [3.05, 3.63) is 78.5 Å². The van der Waals surface area contributed by atoms with Crippen LogP contribution >= 0.6 is 0 Å². The first-order chi connectivity index (χ1) is 16.6. The van der Waals surface area contributed by atoms with Crippen molar-refractivity contribution in [3.63, 3.8) is 0 Å². The van der Waals surface area contributed by atoms with E-state index < -0.39 is 24.1 Å². The zero-order valence-corrected chi connectivity index (χ0v) is 18.0. The SMILES string of the molecule is Nc1ccc(-c2cn([C@H](Cc3ccccc3-c3cc(OC(F)(F)F)ccc3O)C(=O)O)nn2)cc1. The molecule has 0 radical (unpaired) electrons. The lowest BCUT2D eigenvalue weighted by Crippen LogP contribution is -2.22. The zero-order valence-electron chi connectivity index (χ0n) is 18.0. The molecule has 0 saturated carbocycles. The van der Waals surface area contributed by atoms with E-state index >= 15 is 0 Å². The highest BCUT2D eigenvalue weighted by atomic mass is 19.4. The minimum atomic E-state index is -4.91. The number of aliphatic carboxylic acids is 1. The molecule has 4 aromatic rings. The molecule has 4 rings (SSSR count). The molecule has 0 saturated heterocycles. The predicted molar refractivity (Wildman–Crippen MR) is 120 cm³/mol. The first kappa shape index (κ1) is 23.6. The van der Waals surface area contributed by atoms with Crippen molar-refractivity contribution in [2.24, 2.45) is 0 Å². The molecule has 3 aromatic carbocycles. The average Bonchev–Trinajstić information content (AvgIpc) is 3.28. The van der Waals surface area contributed by atoms with Crippen molar-refractivity contribution in [3.8, 4) is 33.9 Å². The Morgan fingerprint density at radius 1 is 1.06 bits per heavy atom. The molecule has 1 aromatic heterocycles. The van der Waals surface area contributed by atoms with Gasteiger partial charge in [0.2, 0.25) is 0 Å². The van der Waals surface area contributed by atoms with Gasteiger partial charge in [-0.1, -0.05) is 41.6 Å². The number of rotatable bonds is 7. The van der Waals surface area contributed by atoms with Gasteiger partial charge in [0, 0.05) is 23.2 Å². The summed E-state index contributed by atoms with van der Waals surface area (Å²) in [5.41, 5.74) is 8.27. The summed E-state index contributed by atoms with van der Waals surface area (Å²) in [5.74, 6) is -1.99. The molecular weight excluding hydrogens is 465 g/mol. The van der Waals surface area contributed by atoms with E-state index in [1.54, 1.807) is 48.5 Å². The van der Waals surface area contributed by atoms with E-state index in [2.05, 4.69) is 15.0 Å². The highest BCUT2D eigenvalue weighted by molar-refractivity contribution is 5.77. The summed E-state index contributed by atoms with van der Waals surface area (Å²) in [4.78, 5) is 12.1. The van der Waals surface area contributed by atoms with E-state index in [4.69, 9.17) is 5.73 Å². The number of hydrogen-bond donors (Lipinski definition) is 3. The molecule has 0 fully saturated rings. The van der Waals surface area contributed by atoms with E-state index in [1.807, 2.05) is 0 Å². The van der Waals surface area contributed by atoms with E-state index in [-0.39, 0.29) is 17.7 Å². The minimum absolute atomic E-state index is 0.0626. The maximum absolute atomic E-state index is 12.7. The maximum Gasteiger partial charge on any atom is 0.573 e. The van der Waals surface area contributed by atoms with Gasteiger partial charge < -0.3 is 20.7 Å². The van der Waals surface area contributed by atoms with Gasteiger partial charge in [-0.05, 0) is 41.5 Å². The van der Waals surface area contributed by atoms with Crippen LogP contribution in [0.2, 0.25) is 0 Å². The number of carboxylic acids is 1. The Morgan fingerprint density at radius 3 is 2.46 bits per heavy atom. The fourth-order valence-electron chi connectivity index (χ4n) is 3.61. The van der Waals surface area contributed by atoms with Gasteiger partial charge >= 0.3 is 12.3 Å². The van der Waals surface area contributed by atoms with Crippen LogP contribution in [0.25, 0.3) is 22.4 Å². The quantitative estimate of drug-likeness (QED) is 0.326. The third-order valence-electron chi connectivity index (χ3n) is 5.24. The highest BCUT2D eigenvalue weighted by Gasteiger charge is 2.31. The molecule has 8 nitrogen and oxygen atoms in total. The largest absolute Gasteiger partial charge is 0.573 e. The van der Waals surface area contributed by atoms with Gasteiger partial charge in [-0.3, -0.25) is 0 Å². The standard InChI is InChI=1S/C24H19F3N4O4/c25-24(26,27)35-17-9-10-22(32)19(12-17)18-4-2-1-3-15(18)11-21(23(33)34)31-13-20(29-30-31)14-5-7-16(28)8-6-14/h1-10,12-13,21,32H,11,28H2,(H,33,34)/t21-/m1/s1. The van der Waals surface area contributed by atoms with Gasteiger partial charge in [-0.15, -0.1) is 18.3 Å². The average molecular weight is 484 g/mol. The monoisotopic (exact) mass is 484 g/mol. The number of carboxylic acid groups (broad SMARTS) is 1. The van der Waals surface area contributed by atoms with E-state index in [1.165, 1.54) is 10.9 Å². The smallest absolute Gasteiger partial charge is 0.507 e. The van der Waals surface area contributed by atoms with Crippen molar-refractivity contribution in [1.29, 1.82) is 0 Å². The van der Waals surface area contributed by atoms with Gasteiger partial charge in [0.05, 0.1) is 6.20 Å². The number of aromatic nitrogens is 3. The first-order valence-corrected chi connectivity index (χ1v) is 10.3. The number of phenols is 1. The maximum atomic E-state index is 12.7. The molecule has 1 atom stereocenters. The number of halogens is 3. The molecule has 0 aliphatic rings. The molecular formula is C24H19F3N4O4. The molecule has 11 heteroatoms. The summed E-state index contributed by atoms with van der Waals surface area (Å²) in [6, 6.07) is 15.2. The Morgan fingerprint density at radius 2 is 1.77 bits per heavy atom. The lowest BCUT2D eigenvalue weighted by molar-refractivity contribution is -0.274. The van der Waals surface area contributed by atoms with Crippen LogP contribution in [-0.2, 0) is 11.2 Å². The summed E-state index contributed by atoms with van der Waals surface area (Å²) in [6.07, 6.45) is -3.50. The molecule has 4 N–H and O–H groups in total. The second kappa shape index (κ2) is 9.37. The van der Waals surface area contributed by atoms with Crippen molar-refractivity contribution >= 4 is 11.7 Å². The van der Waals surface area contributed by atoms with Crippen LogP contribution < -0.4 is 10.5 Å². The van der Waals surface area contributed by atoms with Crippen molar-refractivity contribution in [2.45, 2.75) is 18.8 Å². The third kappa shape index (κ3) is 5.52. The number of alkyl halides is 3. The third-order valence-corrected chi connectivity index (χ3v) is 5.24. The molecule has 0 aliphatic carbocycles. The van der Waals surface area contributed by atoms with Crippen LogP contribution in [0.15, 0.2) is 72.9 Å². The number of benzene rings is 3. The van der Waals surface area contributed by atoms with Gasteiger partial charge in [0.25, 0.3) is 0 Å². The number of hydrogen-bond acceptors (Lipinski definition) is 6. The number of phenolic OH excluding ortho intramolecular Hbond substituents is 1. The molecule has 0 unspecified atom stereocenters. The van der Waals surface area contributed by atoms with Crippen LogP contribution in [0.3, 0.4) is 0 Å². The molecule has 0 bridgehead atoms.